The Kier molecular flexibility index (Phi) is 7.84. The predicted molar refractivity (Wildman–Crippen MR) is 112 cm³/mol. The highest BCUT2D eigenvalue weighted by atomic mass is 35.5. The molecule has 1 saturated heterocycles. The van der Waals surface area contributed by atoms with Crippen LogP contribution in [0.1, 0.15) is 24.2 Å². The number of likely N-dealkylation sites (tertiary alicyclic amines) is 1. The van der Waals surface area contributed by atoms with Gasteiger partial charge in [0.25, 0.3) is 0 Å². The zero-order chi connectivity index (χ0) is 17.8. The van der Waals surface area contributed by atoms with Gasteiger partial charge in [0.2, 0.25) is 5.91 Å². The first-order valence-electron chi connectivity index (χ1n) is 8.56. The van der Waals surface area contributed by atoms with Crippen molar-refractivity contribution in [2.75, 3.05) is 13.1 Å². The molecule has 0 spiro atoms. The lowest BCUT2D eigenvalue weighted by molar-refractivity contribution is -0.131. The van der Waals surface area contributed by atoms with Crippen LogP contribution in [0.25, 0.3) is 0 Å². The minimum absolute atomic E-state index is 0. The van der Waals surface area contributed by atoms with E-state index >= 15 is 0 Å². The van der Waals surface area contributed by atoms with Crippen LogP contribution in [0, 0.1) is 5.92 Å². The number of thioether (sulfide) groups is 1. The fourth-order valence-electron chi connectivity index (χ4n) is 3.33. The van der Waals surface area contributed by atoms with Gasteiger partial charge in [0.15, 0.2) is 0 Å². The summed E-state index contributed by atoms with van der Waals surface area (Å²) >= 11 is 7.85. The van der Waals surface area contributed by atoms with E-state index in [1.54, 1.807) is 0 Å². The second-order valence-corrected chi connectivity index (χ2v) is 8.07. The van der Waals surface area contributed by atoms with Crippen LogP contribution in [0.15, 0.2) is 59.5 Å². The number of rotatable bonds is 5. The molecule has 0 aromatic heterocycles. The third kappa shape index (κ3) is 4.74. The van der Waals surface area contributed by atoms with Gasteiger partial charge in [-0.15, -0.1) is 24.2 Å². The van der Waals surface area contributed by atoms with Crippen LogP contribution in [0.3, 0.4) is 0 Å². The molecular weight excluding hydrogens is 387 g/mol. The summed E-state index contributed by atoms with van der Waals surface area (Å²) in [4.78, 5) is 16.3. The van der Waals surface area contributed by atoms with Gasteiger partial charge in [-0.25, -0.2) is 0 Å². The fraction of sp³-hybridized carbons (Fsp3) is 0.350. The van der Waals surface area contributed by atoms with Crippen LogP contribution < -0.4 is 5.73 Å². The molecule has 0 bridgehead atoms. The molecule has 2 aromatic rings. The highest BCUT2D eigenvalue weighted by Gasteiger charge is 2.36. The molecule has 0 aliphatic carbocycles. The lowest BCUT2D eigenvalue weighted by atomic mass is 10.1. The van der Waals surface area contributed by atoms with E-state index in [2.05, 4.69) is 6.92 Å². The SMILES string of the molecule is CC1CC(CN)CN1C(=O)C(Sc1ccccc1Cl)c1ccccc1.Cl. The number of carbonyl (C=O) groups excluding carboxylic acids is 1. The minimum Gasteiger partial charge on any atom is -0.338 e. The van der Waals surface area contributed by atoms with E-state index in [0.29, 0.717) is 17.5 Å². The second-order valence-electron chi connectivity index (χ2n) is 6.52. The van der Waals surface area contributed by atoms with E-state index in [4.69, 9.17) is 17.3 Å². The molecule has 1 aliphatic heterocycles. The van der Waals surface area contributed by atoms with E-state index in [0.717, 1.165) is 23.4 Å². The van der Waals surface area contributed by atoms with Crippen molar-refractivity contribution in [1.82, 2.24) is 4.90 Å². The Balaban J connectivity index is 0.00000243. The first-order valence-corrected chi connectivity index (χ1v) is 9.82. The summed E-state index contributed by atoms with van der Waals surface area (Å²) < 4.78 is 0. The number of hydrogen-bond donors (Lipinski definition) is 1. The van der Waals surface area contributed by atoms with Crippen LogP contribution in [0.4, 0.5) is 0 Å². The largest absolute Gasteiger partial charge is 0.338 e. The molecule has 3 nitrogen and oxygen atoms in total. The van der Waals surface area contributed by atoms with Crippen LogP contribution in [0.5, 0.6) is 0 Å². The Bertz CT molecular complexity index is 729. The maximum atomic E-state index is 13.4. The maximum absolute atomic E-state index is 13.4. The van der Waals surface area contributed by atoms with Gasteiger partial charge in [-0.3, -0.25) is 4.79 Å². The monoisotopic (exact) mass is 410 g/mol. The van der Waals surface area contributed by atoms with Crippen LogP contribution >= 0.6 is 35.8 Å². The quantitative estimate of drug-likeness (QED) is 0.720. The molecule has 140 valence electrons. The highest BCUT2D eigenvalue weighted by molar-refractivity contribution is 8.00. The molecular formula is C20H24Cl2N2OS. The van der Waals surface area contributed by atoms with E-state index in [9.17, 15) is 4.79 Å². The number of benzene rings is 2. The number of amides is 1. The molecule has 1 aliphatic rings. The predicted octanol–water partition coefficient (Wildman–Crippen LogP) is 4.79. The Hall–Kier alpha value is -1.20. The molecule has 0 saturated carbocycles. The van der Waals surface area contributed by atoms with Gasteiger partial charge in [-0.2, -0.15) is 0 Å². The standard InChI is InChI=1S/C20H23ClN2OS.ClH/c1-14-11-15(12-22)13-23(14)20(24)19(16-7-3-2-4-8-16)25-18-10-6-5-9-17(18)21;/h2-10,14-15,19H,11-13,22H2,1H3;1H. The lowest BCUT2D eigenvalue weighted by Crippen LogP contribution is -2.37. The molecule has 0 radical (unpaired) electrons. The Morgan fingerprint density at radius 1 is 1.23 bits per heavy atom. The molecule has 1 heterocycles. The second kappa shape index (κ2) is 9.65. The van der Waals surface area contributed by atoms with Gasteiger partial charge in [-0.1, -0.05) is 54.1 Å². The Morgan fingerprint density at radius 2 is 1.88 bits per heavy atom. The first kappa shape index (κ1) is 21.1. The molecule has 1 fully saturated rings. The van der Waals surface area contributed by atoms with Gasteiger partial charge in [0, 0.05) is 17.5 Å². The average molecular weight is 411 g/mol. The number of nitrogens with zero attached hydrogens (tertiary/aromatic N) is 1. The number of nitrogens with two attached hydrogens (primary N) is 1. The first-order chi connectivity index (χ1) is 12.1. The highest BCUT2D eigenvalue weighted by Crippen LogP contribution is 2.41. The van der Waals surface area contributed by atoms with E-state index in [-0.39, 0.29) is 29.6 Å². The normalized spacial score (nSPS) is 20.5. The van der Waals surface area contributed by atoms with Crippen molar-refractivity contribution in [3.8, 4) is 0 Å². The van der Waals surface area contributed by atoms with Crippen LogP contribution in [0.2, 0.25) is 5.02 Å². The third-order valence-electron chi connectivity index (χ3n) is 4.69. The molecule has 2 aromatic carbocycles. The van der Waals surface area contributed by atoms with Gasteiger partial charge >= 0.3 is 0 Å². The molecule has 26 heavy (non-hydrogen) atoms. The average Bonchev–Trinajstić information content (AvgIpc) is 3.02. The van der Waals surface area contributed by atoms with E-state index in [1.807, 2.05) is 59.5 Å². The lowest BCUT2D eigenvalue weighted by Gasteiger charge is -2.27. The minimum atomic E-state index is -0.305. The summed E-state index contributed by atoms with van der Waals surface area (Å²) in [6.45, 7) is 3.47. The summed E-state index contributed by atoms with van der Waals surface area (Å²) in [7, 11) is 0. The summed E-state index contributed by atoms with van der Waals surface area (Å²) in [5.74, 6) is 0.528. The van der Waals surface area contributed by atoms with Crippen LogP contribution in [-0.2, 0) is 4.79 Å². The Morgan fingerprint density at radius 3 is 2.50 bits per heavy atom. The summed E-state index contributed by atoms with van der Waals surface area (Å²) in [5, 5.41) is 0.371. The number of hydrogen-bond acceptors (Lipinski definition) is 3. The summed E-state index contributed by atoms with van der Waals surface area (Å²) in [6, 6.07) is 17.8. The van der Waals surface area contributed by atoms with Crippen molar-refractivity contribution < 1.29 is 4.79 Å². The zero-order valence-electron chi connectivity index (χ0n) is 14.7. The van der Waals surface area contributed by atoms with Gasteiger partial charge in [-0.05, 0) is 43.5 Å². The zero-order valence-corrected chi connectivity index (χ0v) is 17.1. The molecule has 3 atom stereocenters. The van der Waals surface area contributed by atoms with Crippen LogP contribution in [-0.4, -0.2) is 29.9 Å². The van der Waals surface area contributed by atoms with Crippen molar-refractivity contribution in [1.29, 1.82) is 0 Å². The molecule has 3 rings (SSSR count). The van der Waals surface area contributed by atoms with Crippen molar-refractivity contribution >= 4 is 41.7 Å². The van der Waals surface area contributed by atoms with Gasteiger partial charge in [0.1, 0.15) is 5.25 Å². The molecule has 2 N–H and O–H groups in total. The topological polar surface area (TPSA) is 46.3 Å². The summed E-state index contributed by atoms with van der Waals surface area (Å²) in [5.41, 5.74) is 6.83. The van der Waals surface area contributed by atoms with Gasteiger partial charge in [0.05, 0.1) is 5.02 Å². The number of carbonyl (C=O) groups is 1. The Labute approximate surface area is 170 Å². The number of halogens is 2. The van der Waals surface area contributed by atoms with Crippen molar-refractivity contribution in [3.63, 3.8) is 0 Å². The molecule has 1 amide bonds. The molecule has 6 heteroatoms. The van der Waals surface area contributed by atoms with Gasteiger partial charge < -0.3 is 10.6 Å². The van der Waals surface area contributed by atoms with Crippen molar-refractivity contribution in [3.05, 3.63) is 65.2 Å². The molecule has 3 unspecified atom stereocenters. The maximum Gasteiger partial charge on any atom is 0.240 e. The van der Waals surface area contributed by atoms with Crippen molar-refractivity contribution in [2.45, 2.75) is 29.5 Å². The fourth-order valence-corrected chi connectivity index (χ4v) is 4.72. The third-order valence-corrected chi connectivity index (χ3v) is 6.45. The summed E-state index contributed by atoms with van der Waals surface area (Å²) in [6.07, 6.45) is 0.973. The van der Waals surface area contributed by atoms with E-state index < -0.39 is 0 Å². The smallest absolute Gasteiger partial charge is 0.240 e. The van der Waals surface area contributed by atoms with E-state index in [1.165, 1.54) is 11.8 Å². The van der Waals surface area contributed by atoms with Crippen molar-refractivity contribution in [2.24, 2.45) is 11.7 Å².